The van der Waals surface area contributed by atoms with Gasteiger partial charge in [0.05, 0.1) is 0 Å². The van der Waals surface area contributed by atoms with Gasteiger partial charge in [0.15, 0.2) is 0 Å². The van der Waals surface area contributed by atoms with E-state index in [2.05, 4.69) is 48.9 Å². The zero-order valence-corrected chi connectivity index (χ0v) is 23.1. The van der Waals surface area contributed by atoms with Crippen molar-refractivity contribution in [1.82, 2.24) is 16.0 Å². The minimum absolute atomic E-state index is 0.0634. The van der Waals surface area contributed by atoms with Gasteiger partial charge >= 0.3 is 0 Å². The number of hydrogen-bond donors (Lipinski definition) is 3. The highest BCUT2D eigenvalue weighted by atomic mass is 16.2. The zero-order valence-electron chi connectivity index (χ0n) is 23.1. The Morgan fingerprint density at radius 2 is 1.14 bits per heavy atom. The van der Waals surface area contributed by atoms with Crippen molar-refractivity contribution in [2.24, 2.45) is 0 Å². The fraction of sp³-hybridized carbons (Fsp3) is 0.828. The largest absolute Gasteiger partial charge is 0.356 e. The SMILES string of the molecule is CCCC/C=C/CCCCCCCCCC(=O)N[C@@H](CCC(=O)NCCCC)C(=O)NCCCC. The van der Waals surface area contributed by atoms with Gasteiger partial charge in [0, 0.05) is 25.9 Å². The molecule has 0 aliphatic heterocycles. The molecule has 0 fully saturated rings. The van der Waals surface area contributed by atoms with Crippen LogP contribution >= 0.6 is 0 Å². The van der Waals surface area contributed by atoms with Crippen molar-refractivity contribution in [3.8, 4) is 0 Å². The normalized spacial score (nSPS) is 12.0. The van der Waals surface area contributed by atoms with Crippen LogP contribution in [0.1, 0.15) is 136 Å². The fourth-order valence-corrected chi connectivity index (χ4v) is 3.80. The zero-order chi connectivity index (χ0) is 26.0. The fourth-order valence-electron chi connectivity index (χ4n) is 3.80. The standard InChI is InChI=1S/C29H55N3O3/c1-4-7-10-11-12-13-14-15-16-17-18-19-20-21-28(34)32-26(29(35)31-25-9-6-3)22-23-27(33)30-24-8-5-2/h11-12,26H,4-10,13-25H2,1-3H3,(H,30,33)(H,31,35)(H,32,34)/b12-11+/t26-/m0/s1. The summed E-state index contributed by atoms with van der Waals surface area (Å²) in [6.07, 6.45) is 22.5. The molecule has 0 saturated carbocycles. The lowest BCUT2D eigenvalue weighted by Gasteiger charge is -2.18. The Bertz CT molecular complexity index is 563. The molecular weight excluding hydrogens is 438 g/mol. The van der Waals surface area contributed by atoms with E-state index < -0.39 is 6.04 Å². The third-order valence-corrected chi connectivity index (χ3v) is 6.16. The molecule has 0 unspecified atom stereocenters. The molecule has 0 heterocycles. The summed E-state index contributed by atoms with van der Waals surface area (Å²) >= 11 is 0. The molecule has 0 saturated heterocycles. The van der Waals surface area contributed by atoms with Crippen molar-refractivity contribution >= 4 is 17.7 Å². The topological polar surface area (TPSA) is 87.3 Å². The maximum Gasteiger partial charge on any atom is 0.242 e. The van der Waals surface area contributed by atoms with Gasteiger partial charge < -0.3 is 16.0 Å². The Morgan fingerprint density at radius 1 is 0.600 bits per heavy atom. The molecule has 0 spiro atoms. The van der Waals surface area contributed by atoms with E-state index in [0.29, 0.717) is 25.9 Å². The first-order valence-corrected chi connectivity index (χ1v) is 14.5. The first kappa shape index (κ1) is 33.1. The van der Waals surface area contributed by atoms with Gasteiger partial charge in [-0.1, -0.05) is 90.7 Å². The van der Waals surface area contributed by atoms with Crippen LogP contribution in [-0.4, -0.2) is 36.9 Å². The Kier molecular flexibility index (Phi) is 23.9. The lowest BCUT2D eigenvalue weighted by atomic mass is 10.1. The van der Waals surface area contributed by atoms with Crippen LogP contribution in [0.4, 0.5) is 0 Å². The van der Waals surface area contributed by atoms with E-state index in [4.69, 9.17) is 0 Å². The van der Waals surface area contributed by atoms with Crippen LogP contribution in [0.25, 0.3) is 0 Å². The predicted molar refractivity (Wildman–Crippen MR) is 147 cm³/mol. The summed E-state index contributed by atoms with van der Waals surface area (Å²) in [5, 5.41) is 8.64. The second-order valence-corrected chi connectivity index (χ2v) is 9.63. The van der Waals surface area contributed by atoms with Crippen molar-refractivity contribution in [3.63, 3.8) is 0 Å². The molecular formula is C29H55N3O3. The first-order valence-electron chi connectivity index (χ1n) is 14.5. The van der Waals surface area contributed by atoms with Crippen LogP contribution < -0.4 is 16.0 Å². The van der Waals surface area contributed by atoms with E-state index in [1.807, 2.05) is 0 Å². The smallest absolute Gasteiger partial charge is 0.242 e. The predicted octanol–water partition coefficient (Wildman–Crippen LogP) is 6.34. The van der Waals surface area contributed by atoms with Gasteiger partial charge in [-0.15, -0.1) is 0 Å². The van der Waals surface area contributed by atoms with Gasteiger partial charge in [-0.05, 0) is 44.9 Å². The Morgan fingerprint density at radius 3 is 1.77 bits per heavy atom. The molecule has 0 aliphatic carbocycles. The minimum atomic E-state index is -0.646. The van der Waals surface area contributed by atoms with Crippen molar-refractivity contribution in [2.45, 2.75) is 142 Å². The molecule has 0 aliphatic rings. The number of unbranched alkanes of at least 4 members (excludes halogenated alkanes) is 11. The Hall–Kier alpha value is -1.85. The van der Waals surface area contributed by atoms with E-state index >= 15 is 0 Å². The van der Waals surface area contributed by atoms with Crippen LogP contribution in [0.15, 0.2) is 12.2 Å². The highest BCUT2D eigenvalue weighted by Gasteiger charge is 2.21. The average Bonchev–Trinajstić information content (AvgIpc) is 2.84. The molecule has 3 amide bonds. The second-order valence-electron chi connectivity index (χ2n) is 9.63. The highest BCUT2D eigenvalue weighted by molar-refractivity contribution is 5.88. The van der Waals surface area contributed by atoms with Crippen molar-refractivity contribution < 1.29 is 14.4 Å². The van der Waals surface area contributed by atoms with Gasteiger partial charge in [0.25, 0.3) is 0 Å². The first-order chi connectivity index (χ1) is 17.0. The quantitative estimate of drug-likeness (QED) is 0.108. The third-order valence-electron chi connectivity index (χ3n) is 6.16. The lowest BCUT2D eigenvalue weighted by Crippen LogP contribution is -2.47. The summed E-state index contributed by atoms with van der Waals surface area (Å²) in [6, 6.07) is -0.646. The molecule has 0 rings (SSSR count). The van der Waals surface area contributed by atoms with E-state index in [0.717, 1.165) is 44.9 Å². The number of carbonyl (C=O) groups excluding carboxylic acids is 3. The van der Waals surface area contributed by atoms with Crippen LogP contribution in [-0.2, 0) is 14.4 Å². The summed E-state index contributed by atoms with van der Waals surface area (Å²) in [5.74, 6) is -0.346. The van der Waals surface area contributed by atoms with Gasteiger partial charge in [0.2, 0.25) is 17.7 Å². The molecule has 35 heavy (non-hydrogen) atoms. The number of nitrogens with one attached hydrogen (secondary N) is 3. The van der Waals surface area contributed by atoms with Crippen molar-refractivity contribution in [2.75, 3.05) is 13.1 Å². The maximum atomic E-state index is 12.6. The Balaban J connectivity index is 4.09. The molecule has 204 valence electrons. The number of amides is 3. The molecule has 0 bridgehead atoms. The van der Waals surface area contributed by atoms with Crippen LogP contribution in [0.5, 0.6) is 0 Å². The molecule has 6 nitrogen and oxygen atoms in total. The van der Waals surface area contributed by atoms with Crippen molar-refractivity contribution in [3.05, 3.63) is 12.2 Å². The summed E-state index contributed by atoms with van der Waals surface area (Å²) in [7, 11) is 0. The maximum absolute atomic E-state index is 12.6. The van der Waals surface area contributed by atoms with Gasteiger partial charge in [-0.2, -0.15) is 0 Å². The van der Waals surface area contributed by atoms with Crippen LogP contribution in [0.3, 0.4) is 0 Å². The number of hydrogen-bond acceptors (Lipinski definition) is 3. The van der Waals surface area contributed by atoms with Crippen molar-refractivity contribution in [1.29, 1.82) is 0 Å². The summed E-state index contributed by atoms with van der Waals surface area (Å²) in [6.45, 7) is 7.63. The number of allylic oxidation sites excluding steroid dienone is 2. The van der Waals surface area contributed by atoms with Crippen LogP contribution in [0.2, 0.25) is 0 Å². The summed E-state index contributed by atoms with van der Waals surface area (Å²) < 4.78 is 0. The third kappa shape index (κ3) is 22.4. The van der Waals surface area contributed by atoms with Gasteiger partial charge in [0.1, 0.15) is 6.04 Å². The van der Waals surface area contributed by atoms with E-state index in [9.17, 15) is 14.4 Å². The molecule has 3 N–H and O–H groups in total. The monoisotopic (exact) mass is 493 g/mol. The molecule has 0 aromatic rings. The lowest BCUT2D eigenvalue weighted by molar-refractivity contribution is -0.129. The van der Waals surface area contributed by atoms with E-state index in [-0.39, 0.29) is 24.1 Å². The molecule has 6 heteroatoms. The van der Waals surface area contributed by atoms with Crippen LogP contribution in [0, 0.1) is 0 Å². The van der Waals surface area contributed by atoms with E-state index in [1.165, 1.54) is 51.4 Å². The molecule has 1 atom stereocenters. The van der Waals surface area contributed by atoms with Gasteiger partial charge in [-0.3, -0.25) is 14.4 Å². The average molecular weight is 494 g/mol. The molecule has 0 aromatic heterocycles. The summed E-state index contributed by atoms with van der Waals surface area (Å²) in [4.78, 5) is 37.0. The molecule has 0 aromatic carbocycles. The molecule has 0 radical (unpaired) electrons. The van der Waals surface area contributed by atoms with Gasteiger partial charge in [-0.25, -0.2) is 0 Å². The van der Waals surface area contributed by atoms with E-state index in [1.54, 1.807) is 0 Å². The Labute approximate surface area is 215 Å². The summed E-state index contributed by atoms with van der Waals surface area (Å²) in [5.41, 5.74) is 0. The minimum Gasteiger partial charge on any atom is -0.356 e. The second kappa shape index (κ2) is 25.2. The number of rotatable bonds is 24. The number of carbonyl (C=O) groups is 3. The highest BCUT2D eigenvalue weighted by Crippen LogP contribution is 2.11.